The highest BCUT2D eigenvalue weighted by Gasteiger charge is 2.30. The van der Waals surface area contributed by atoms with Gasteiger partial charge in [0.25, 0.3) is 0 Å². The van der Waals surface area contributed by atoms with Crippen LogP contribution in [-0.4, -0.2) is 37.4 Å². The molecular weight excluding hydrogens is 456 g/mol. The number of methoxy groups -OCH3 is 1. The molecule has 0 aliphatic carbocycles. The molecule has 0 spiro atoms. The lowest BCUT2D eigenvalue weighted by Crippen LogP contribution is -2.37. The van der Waals surface area contributed by atoms with Crippen molar-refractivity contribution in [3.63, 3.8) is 0 Å². The molecule has 1 heterocycles. The van der Waals surface area contributed by atoms with Crippen LogP contribution >= 0.6 is 0 Å². The van der Waals surface area contributed by atoms with Crippen LogP contribution in [0.5, 0.6) is 17.2 Å². The van der Waals surface area contributed by atoms with E-state index in [1.54, 1.807) is 24.3 Å². The predicted octanol–water partition coefficient (Wildman–Crippen LogP) is 5.07. The number of ether oxygens (including phenoxy) is 3. The van der Waals surface area contributed by atoms with Crippen LogP contribution in [0.25, 0.3) is 0 Å². The first-order chi connectivity index (χ1) is 16.9. The summed E-state index contributed by atoms with van der Waals surface area (Å²) in [4.78, 5) is 10.9. The van der Waals surface area contributed by atoms with Gasteiger partial charge in [-0.3, -0.25) is 0 Å². The molecule has 184 valence electrons. The maximum Gasteiger partial charge on any atom is 0.341 e. The van der Waals surface area contributed by atoms with Gasteiger partial charge in [-0.15, -0.1) is 0 Å². The summed E-state index contributed by atoms with van der Waals surface area (Å²) in [7, 11) is 1.43. The van der Waals surface area contributed by atoms with E-state index in [9.17, 15) is 13.6 Å². The van der Waals surface area contributed by atoms with E-state index in [2.05, 4.69) is 5.32 Å². The minimum absolute atomic E-state index is 0.0782. The molecule has 6 nitrogen and oxygen atoms in total. The lowest BCUT2D eigenvalue weighted by Gasteiger charge is -2.33. The van der Waals surface area contributed by atoms with Crippen LogP contribution < -0.4 is 19.5 Å². The molecule has 8 heteroatoms. The first-order valence-corrected chi connectivity index (χ1v) is 11.3. The molecule has 3 atom stereocenters. The van der Waals surface area contributed by atoms with Gasteiger partial charge in [0.05, 0.1) is 7.11 Å². The molecule has 3 aromatic carbocycles. The second kappa shape index (κ2) is 10.7. The van der Waals surface area contributed by atoms with Gasteiger partial charge in [-0.1, -0.05) is 30.3 Å². The number of nitrogens with one attached hydrogen (secondary N) is 1. The Hall–Kier alpha value is -3.65. The Kier molecular flexibility index (Phi) is 7.51. The number of hydrogen-bond donors (Lipinski definition) is 2. The van der Waals surface area contributed by atoms with Crippen LogP contribution in [0, 0.1) is 11.6 Å². The summed E-state index contributed by atoms with van der Waals surface area (Å²) in [5.41, 5.74) is 2.66. The van der Waals surface area contributed by atoms with Gasteiger partial charge in [-0.2, -0.15) is 0 Å². The fraction of sp³-hybridized carbons (Fsp3) is 0.296. The minimum atomic E-state index is -1.18. The number of para-hydroxylation sites is 1. The normalized spacial score (nSPS) is 17.7. The van der Waals surface area contributed by atoms with Crippen molar-refractivity contribution < 1.29 is 32.9 Å². The SMILES string of the molecule is COc1cc([C@@H](C)NCC2CC(c3ccc(F)c(OCC(=O)O)c3)c3ccccc3O2)ccc1F. The average Bonchev–Trinajstić information content (AvgIpc) is 2.86. The Bertz CT molecular complexity index is 1200. The fourth-order valence-electron chi connectivity index (χ4n) is 4.29. The lowest BCUT2D eigenvalue weighted by molar-refractivity contribution is -0.139. The van der Waals surface area contributed by atoms with Crippen LogP contribution in [0.3, 0.4) is 0 Å². The number of rotatable bonds is 9. The molecule has 1 aliphatic heterocycles. The van der Waals surface area contributed by atoms with E-state index >= 15 is 0 Å². The van der Waals surface area contributed by atoms with Gasteiger partial charge < -0.3 is 24.6 Å². The molecule has 0 radical (unpaired) electrons. The smallest absolute Gasteiger partial charge is 0.341 e. The zero-order valence-corrected chi connectivity index (χ0v) is 19.5. The van der Waals surface area contributed by atoms with E-state index < -0.39 is 24.2 Å². The summed E-state index contributed by atoms with van der Waals surface area (Å²) in [5, 5.41) is 12.3. The Morgan fingerprint density at radius 2 is 1.86 bits per heavy atom. The molecule has 1 aliphatic rings. The van der Waals surface area contributed by atoms with Gasteiger partial charge in [-0.05, 0) is 54.8 Å². The van der Waals surface area contributed by atoms with Crippen molar-refractivity contribution in [2.45, 2.75) is 31.4 Å². The van der Waals surface area contributed by atoms with Gasteiger partial charge in [-0.25, -0.2) is 13.6 Å². The topological polar surface area (TPSA) is 77.0 Å². The van der Waals surface area contributed by atoms with Crippen LogP contribution in [0.1, 0.15) is 42.0 Å². The molecule has 0 fully saturated rings. The predicted molar refractivity (Wildman–Crippen MR) is 126 cm³/mol. The number of fused-ring (bicyclic) bond motifs is 1. The number of benzene rings is 3. The van der Waals surface area contributed by atoms with Crippen molar-refractivity contribution in [3.05, 3.63) is 89.0 Å². The summed E-state index contributed by atoms with van der Waals surface area (Å²) < 4.78 is 44.5. The van der Waals surface area contributed by atoms with Crippen LogP contribution in [0.2, 0.25) is 0 Å². The zero-order valence-electron chi connectivity index (χ0n) is 19.5. The van der Waals surface area contributed by atoms with E-state index in [-0.39, 0.29) is 29.6 Å². The van der Waals surface area contributed by atoms with Crippen LogP contribution in [0.4, 0.5) is 8.78 Å². The Morgan fingerprint density at radius 3 is 2.63 bits per heavy atom. The minimum Gasteiger partial charge on any atom is -0.494 e. The summed E-state index contributed by atoms with van der Waals surface area (Å²) in [6.45, 7) is 1.88. The summed E-state index contributed by atoms with van der Waals surface area (Å²) in [5.74, 6) is -1.46. The van der Waals surface area contributed by atoms with E-state index in [0.29, 0.717) is 13.0 Å². The molecule has 0 aromatic heterocycles. The maximum atomic E-state index is 14.2. The summed E-state index contributed by atoms with van der Waals surface area (Å²) >= 11 is 0. The van der Waals surface area contributed by atoms with E-state index in [4.69, 9.17) is 19.3 Å². The number of carboxylic acids is 1. The molecule has 2 N–H and O–H groups in total. The van der Waals surface area contributed by atoms with Crippen molar-refractivity contribution >= 4 is 5.97 Å². The van der Waals surface area contributed by atoms with Crippen molar-refractivity contribution in [2.24, 2.45) is 0 Å². The van der Waals surface area contributed by atoms with Crippen LogP contribution in [0.15, 0.2) is 60.7 Å². The Balaban J connectivity index is 1.52. The highest BCUT2D eigenvalue weighted by Crippen LogP contribution is 2.41. The fourth-order valence-corrected chi connectivity index (χ4v) is 4.29. The quantitative estimate of drug-likeness (QED) is 0.443. The van der Waals surface area contributed by atoms with Crippen molar-refractivity contribution in [3.8, 4) is 17.2 Å². The molecule has 0 saturated carbocycles. The van der Waals surface area contributed by atoms with Gasteiger partial charge in [0, 0.05) is 24.1 Å². The zero-order chi connectivity index (χ0) is 24.9. The lowest BCUT2D eigenvalue weighted by atomic mass is 9.84. The number of halogens is 2. The van der Waals surface area contributed by atoms with Gasteiger partial charge in [0.2, 0.25) is 0 Å². The van der Waals surface area contributed by atoms with Crippen LogP contribution in [-0.2, 0) is 4.79 Å². The molecule has 0 bridgehead atoms. The van der Waals surface area contributed by atoms with Crippen molar-refractivity contribution in [2.75, 3.05) is 20.3 Å². The second-order valence-corrected chi connectivity index (χ2v) is 8.46. The number of carboxylic acid groups (broad SMARTS) is 1. The van der Waals surface area contributed by atoms with Gasteiger partial charge in [0.1, 0.15) is 11.9 Å². The Morgan fingerprint density at radius 1 is 1.11 bits per heavy atom. The third kappa shape index (κ3) is 5.71. The number of aliphatic carboxylic acids is 1. The molecular formula is C27H27F2NO5. The van der Waals surface area contributed by atoms with E-state index in [0.717, 1.165) is 22.4 Å². The van der Waals surface area contributed by atoms with E-state index in [1.807, 2.05) is 31.2 Å². The molecule has 2 unspecified atom stereocenters. The maximum absolute atomic E-state index is 14.2. The highest BCUT2D eigenvalue weighted by molar-refractivity contribution is 5.68. The van der Waals surface area contributed by atoms with E-state index in [1.165, 1.54) is 19.2 Å². The first-order valence-electron chi connectivity index (χ1n) is 11.3. The van der Waals surface area contributed by atoms with Crippen molar-refractivity contribution in [1.82, 2.24) is 5.32 Å². The second-order valence-electron chi connectivity index (χ2n) is 8.46. The van der Waals surface area contributed by atoms with Crippen molar-refractivity contribution in [1.29, 1.82) is 0 Å². The monoisotopic (exact) mass is 483 g/mol. The molecule has 3 aromatic rings. The third-order valence-corrected chi connectivity index (χ3v) is 6.12. The van der Waals surface area contributed by atoms with Gasteiger partial charge >= 0.3 is 5.97 Å². The average molecular weight is 484 g/mol. The Labute approximate surface area is 202 Å². The molecule has 4 rings (SSSR count). The largest absolute Gasteiger partial charge is 0.494 e. The summed E-state index contributed by atoms with van der Waals surface area (Å²) in [6, 6.07) is 16.9. The number of hydrogen-bond acceptors (Lipinski definition) is 5. The van der Waals surface area contributed by atoms with Gasteiger partial charge in [0.15, 0.2) is 29.7 Å². The first kappa shape index (κ1) is 24.5. The molecule has 0 amide bonds. The molecule has 35 heavy (non-hydrogen) atoms. The highest BCUT2D eigenvalue weighted by atomic mass is 19.1. The molecule has 0 saturated heterocycles. The standard InChI is InChI=1S/C27H27F2NO5/c1-16(17-7-9-22(28)25(11-17)33-2)30-14-19-13-21(20-5-3-4-6-24(20)35-19)18-8-10-23(29)26(12-18)34-15-27(31)32/h3-12,16,19,21,30H,13-15H2,1-2H3,(H,31,32)/t16-,19?,21?/m1/s1. The summed E-state index contributed by atoms with van der Waals surface area (Å²) in [6.07, 6.45) is 0.432. The number of carbonyl (C=O) groups is 1. The third-order valence-electron chi connectivity index (χ3n) is 6.12.